The van der Waals surface area contributed by atoms with Crippen LogP contribution in [-0.2, 0) is 6.42 Å². The Kier molecular flexibility index (Phi) is 3.94. The van der Waals surface area contributed by atoms with Crippen LogP contribution < -0.4 is 5.73 Å². The molecule has 1 aromatic heterocycles. The van der Waals surface area contributed by atoms with Gasteiger partial charge in [0.15, 0.2) is 5.82 Å². The largest absolute Gasteiger partial charge is 0.398 e. The van der Waals surface area contributed by atoms with Crippen LogP contribution in [0.2, 0.25) is 5.02 Å². The van der Waals surface area contributed by atoms with E-state index in [1.165, 1.54) is 0 Å². The molecule has 0 aliphatic rings. The molecule has 2 aromatic carbocycles. The number of aromatic amines is 1. The predicted octanol–water partition coefficient (Wildman–Crippen LogP) is 4.06. The molecule has 0 bridgehead atoms. The first kappa shape index (κ1) is 14.1. The van der Waals surface area contributed by atoms with Crippen LogP contribution in [0.1, 0.15) is 11.4 Å². The van der Waals surface area contributed by atoms with Gasteiger partial charge >= 0.3 is 0 Å². The summed E-state index contributed by atoms with van der Waals surface area (Å²) in [6.45, 7) is 0. The molecule has 0 aliphatic carbocycles. The van der Waals surface area contributed by atoms with Gasteiger partial charge in [-0.15, -0.1) is 0 Å². The zero-order chi connectivity index (χ0) is 14.8. The maximum absolute atomic E-state index is 5.92. The highest BCUT2D eigenvalue weighted by atomic mass is 79.9. The molecule has 0 radical (unpaired) electrons. The second-order valence-corrected chi connectivity index (χ2v) is 5.97. The van der Waals surface area contributed by atoms with Crippen molar-refractivity contribution in [3.63, 3.8) is 0 Å². The first-order chi connectivity index (χ1) is 10.1. The molecule has 0 spiro atoms. The highest BCUT2D eigenvalue weighted by Crippen LogP contribution is 2.24. The lowest BCUT2D eigenvalue weighted by Gasteiger charge is -2.00. The number of benzene rings is 2. The minimum Gasteiger partial charge on any atom is -0.398 e. The number of hydrogen-bond donors (Lipinski definition) is 2. The van der Waals surface area contributed by atoms with E-state index in [1.54, 1.807) is 12.1 Å². The van der Waals surface area contributed by atoms with Crippen molar-refractivity contribution in [1.29, 1.82) is 0 Å². The van der Waals surface area contributed by atoms with E-state index in [4.69, 9.17) is 17.3 Å². The van der Waals surface area contributed by atoms with E-state index >= 15 is 0 Å². The molecule has 0 unspecified atom stereocenters. The van der Waals surface area contributed by atoms with E-state index in [9.17, 15) is 0 Å². The highest BCUT2D eigenvalue weighted by molar-refractivity contribution is 9.10. The summed E-state index contributed by atoms with van der Waals surface area (Å²) in [4.78, 5) is 4.50. The number of nitrogens with two attached hydrogens (primary N) is 1. The molecule has 4 nitrogen and oxygen atoms in total. The second kappa shape index (κ2) is 5.87. The summed E-state index contributed by atoms with van der Waals surface area (Å²) in [6, 6.07) is 13.5. The highest BCUT2D eigenvalue weighted by Gasteiger charge is 2.08. The van der Waals surface area contributed by atoms with Crippen LogP contribution >= 0.6 is 27.5 Å². The summed E-state index contributed by atoms with van der Waals surface area (Å²) in [7, 11) is 0. The molecule has 3 rings (SSSR count). The van der Waals surface area contributed by atoms with Crippen LogP contribution in [0.5, 0.6) is 0 Å². The lowest BCUT2D eigenvalue weighted by atomic mass is 10.1. The molecule has 0 saturated heterocycles. The number of nitrogens with one attached hydrogen (secondary N) is 1. The van der Waals surface area contributed by atoms with Gasteiger partial charge in [0.05, 0.1) is 10.7 Å². The average Bonchev–Trinajstić information content (AvgIpc) is 2.90. The van der Waals surface area contributed by atoms with Gasteiger partial charge in [-0.2, -0.15) is 5.10 Å². The van der Waals surface area contributed by atoms with Gasteiger partial charge in [-0.1, -0.05) is 39.7 Å². The Labute approximate surface area is 135 Å². The molecule has 6 heteroatoms. The van der Waals surface area contributed by atoms with Crippen molar-refractivity contribution in [2.75, 3.05) is 5.73 Å². The van der Waals surface area contributed by atoms with Crippen molar-refractivity contribution in [2.45, 2.75) is 6.42 Å². The summed E-state index contributed by atoms with van der Waals surface area (Å²) in [6.07, 6.45) is 0.690. The van der Waals surface area contributed by atoms with E-state index in [0.29, 0.717) is 23.0 Å². The SMILES string of the molecule is Nc1cc(-c2n[nH]c(Cc3cccc(Br)c3)n2)ccc1Cl. The topological polar surface area (TPSA) is 67.6 Å². The summed E-state index contributed by atoms with van der Waals surface area (Å²) in [5, 5.41) is 7.72. The van der Waals surface area contributed by atoms with Crippen LogP contribution in [-0.4, -0.2) is 15.2 Å². The van der Waals surface area contributed by atoms with Crippen LogP contribution in [0, 0.1) is 0 Å². The molecule has 3 N–H and O–H groups in total. The monoisotopic (exact) mass is 362 g/mol. The number of nitrogen functional groups attached to an aromatic ring is 1. The molecule has 0 atom stereocenters. The first-order valence-corrected chi connectivity index (χ1v) is 7.50. The summed E-state index contributed by atoms with van der Waals surface area (Å²) < 4.78 is 1.05. The summed E-state index contributed by atoms with van der Waals surface area (Å²) in [5.74, 6) is 1.42. The van der Waals surface area contributed by atoms with Crippen molar-refractivity contribution >= 4 is 33.2 Å². The number of H-pyrrole nitrogens is 1. The van der Waals surface area contributed by atoms with Gasteiger partial charge in [0.1, 0.15) is 5.82 Å². The summed E-state index contributed by atoms with van der Waals surface area (Å²) in [5.41, 5.74) is 8.32. The van der Waals surface area contributed by atoms with Crippen LogP contribution in [0.15, 0.2) is 46.9 Å². The smallest absolute Gasteiger partial charge is 0.181 e. The van der Waals surface area contributed by atoms with E-state index in [1.807, 2.05) is 24.3 Å². The van der Waals surface area contributed by atoms with Gasteiger partial charge in [-0.3, -0.25) is 5.10 Å². The van der Waals surface area contributed by atoms with Crippen LogP contribution in [0.3, 0.4) is 0 Å². The molecular weight excluding hydrogens is 352 g/mol. The molecular formula is C15H12BrClN4. The van der Waals surface area contributed by atoms with E-state index < -0.39 is 0 Å². The second-order valence-electron chi connectivity index (χ2n) is 4.65. The standard InChI is InChI=1S/C15H12BrClN4/c16-11-3-1-2-9(6-11)7-14-19-15(21-20-14)10-4-5-12(17)13(18)8-10/h1-6,8H,7,18H2,(H,19,20,21). The fraction of sp³-hybridized carbons (Fsp3) is 0.0667. The minimum atomic E-state index is 0.521. The third kappa shape index (κ3) is 3.25. The van der Waals surface area contributed by atoms with Crippen molar-refractivity contribution in [3.8, 4) is 11.4 Å². The van der Waals surface area contributed by atoms with E-state index in [-0.39, 0.29) is 0 Å². The number of nitrogens with zero attached hydrogens (tertiary/aromatic N) is 2. The van der Waals surface area contributed by atoms with Crippen molar-refractivity contribution in [2.24, 2.45) is 0 Å². The van der Waals surface area contributed by atoms with Crippen molar-refractivity contribution in [1.82, 2.24) is 15.2 Å². The Hall–Kier alpha value is -1.85. The lowest BCUT2D eigenvalue weighted by Crippen LogP contribution is -1.91. The fourth-order valence-corrected chi connectivity index (χ4v) is 2.59. The molecule has 3 aromatic rings. The first-order valence-electron chi connectivity index (χ1n) is 6.33. The molecule has 1 heterocycles. The molecule has 0 fully saturated rings. The van der Waals surface area contributed by atoms with Gasteiger partial charge in [-0.25, -0.2) is 4.98 Å². The molecule has 0 amide bonds. The Bertz CT molecular complexity index is 785. The molecule has 21 heavy (non-hydrogen) atoms. The van der Waals surface area contributed by atoms with Gasteiger partial charge < -0.3 is 5.73 Å². The van der Waals surface area contributed by atoms with Crippen LogP contribution in [0.25, 0.3) is 11.4 Å². The molecule has 106 valence electrons. The van der Waals surface area contributed by atoms with Gasteiger partial charge in [0, 0.05) is 16.5 Å². The van der Waals surface area contributed by atoms with Crippen molar-refractivity contribution < 1.29 is 0 Å². The maximum Gasteiger partial charge on any atom is 0.181 e. The third-order valence-corrected chi connectivity index (χ3v) is 3.88. The lowest BCUT2D eigenvalue weighted by molar-refractivity contribution is 0.972. The molecule has 0 aliphatic heterocycles. The minimum absolute atomic E-state index is 0.521. The molecule has 0 saturated carbocycles. The number of halogens is 2. The number of hydrogen-bond acceptors (Lipinski definition) is 3. The van der Waals surface area contributed by atoms with Gasteiger partial charge in [0.2, 0.25) is 0 Å². The van der Waals surface area contributed by atoms with Crippen molar-refractivity contribution in [3.05, 3.63) is 63.3 Å². The zero-order valence-corrected chi connectivity index (χ0v) is 13.3. The van der Waals surface area contributed by atoms with E-state index in [0.717, 1.165) is 21.4 Å². The Morgan fingerprint density at radius 1 is 1.19 bits per heavy atom. The van der Waals surface area contributed by atoms with Crippen LogP contribution in [0.4, 0.5) is 5.69 Å². The Balaban J connectivity index is 1.84. The Morgan fingerprint density at radius 3 is 2.81 bits per heavy atom. The predicted molar refractivity (Wildman–Crippen MR) is 88.2 cm³/mol. The maximum atomic E-state index is 5.92. The number of anilines is 1. The Morgan fingerprint density at radius 2 is 2.05 bits per heavy atom. The third-order valence-electron chi connectivity index (χ3n) is 3.05. The normalized spacial score (nSPS) is 10.8. The van der Waals surface area contributed by atoms with E-state index in [2.05, 4.69) is 37.2 Å². The quantitative estimate of drug-likeness (QED) is 0.690. The zero-order valence-electron chi connectivity index (χ0n) is 11.0. The average molecular weight is 364 g/mol. The fourth-order valence-electron chi connectivity index (χ4n) is 2.03. The van der Waals surface area contributed by atoms with Gasteiger partial charge in [-0.05, 0) is 35.9 Å². The van der Waals surface area contributed by atoms with Gasteiger partial charge in [0.25, 0.3) is 0 Å². The number of rotatable bonds is 3. The summed E-state index contributed by atoms with van der Waals surface area (Å²) >= 11 is 9.38. The number of aromatic nitrogens is 3.